The number of amides is 3. The normalized spacial score (nSPS) is 10.9. The Labute approximate surface area is 684 Å². The van der Waals surface area contributed by atoms with E-state index in [1.54, 1.807) is 33.9 Å². The standard InChI is InChI=1S/3C5H7NO.C5H9.2C4H8N.4C2H4P.2CHO2.2CH4.9CH3.9V.5W/c3*7-5-6-3-1-2-4-6;3*1-2-4-5-3-1;4*1-2-3;2*2-1-3;;;;;;;;;;;;;;;;;;;;;;;;;/h3*3H,1-2,4H2;1H,2-5H2;2*3,5H,1-2,4H2;4*1-2H,3H2;2*(H,2,3);2*1H4;9*1H3;;;;;;;;;;;;;;/q3*-2;9*-1;;;9*-1;9*+2;;;;2*+2. The van der Waals surface area contributed by atoms with Crippen molar-refractivity contribution < 1.29 is 307 Å². The molecule has 0 aromatic rings. The van der Waals surface area contributed by atoms with Crippen LogP contribution in [0.5, 0.6) is 0 Å². The van der Waals surface area contributed by atoms with Crippen molar-refractivity contribution in [2.45, 2.75) is 105 Å². The first-order valence-corrected chi connectivity index (χ1v) is 19.8. The number of carbonyl (C=O) groups excluding carboxylic acids is 3. The topological polar surface area (TPSA) is 160 Å². The summed E-state index contributed by atoms with van der Waals surface area (Å²) < 4.78 is 0. The number of hydrogen-bond acceptors (Lipinski definition) is 7. The minimum atomic E-state index is 0. The molecule has 3 amide bonds. The fourth-order valence-electron chi connectivity index (χ4n) is 3.79. The van der Waals surface area contributed by atoms with Crippen LogP contribution in [-0.4, -0.2) is 89.8 Å². The maximum Gasteiger partial charge on any atom is 2.00 e. The third-order valence-electron chi connectivity index (χ3n) is 5.90. The Kier molecular flexibility index (Phi) is 578. The molecule has 6 aliphatic rings. The molecule has 6 fully saturated rings. The van der Waals surface area contributed by atoms with E-state index in [-0.39, 0.29) is 354 Å². The van der Waals surface area contributed by atoms with Crippen LogP contribution in [0.2, 0.25) is 0 Å². The maximum atomic E-state index is 9.78. The monoisotopic (exact) mass is 2370 g/mol. The van der Waals surface area contributed by atoms with Gasteiger partial charge in [-0.05, 0) is 32.7 Å². The van der Waals surface area contributed by atoms with Crippen LogP contribution in [0.4, 0.5) is 0 Å². The van der Waals surface area contributed by atoms with Gasteiger partial charge in [-0.2, -0.15) is 101 Å². The Morgan fingerprint density at radius 2 is 0.570 bits per heavy atom. The summed E-state index contributed by atoms with van der Waals surface area (Å²) >= 11 is 0. The largest absolute Gasteiger partial charge is 2.00 e. The van der Waals surface area contributed by atoms with Gasteiger partial charge in [0.05, 0.1) is 0 Å². The van der Waals surface area contributed by atoms with Gasteiger partial charge in [0.2, 0.25) is 0 Å². The zero-order chi connectivity index (χ0) is 42.2. The van der Waals surface area contributed by atoms with Crippen molar-refractivity contribution in [1.82, 2.24) is 25.3 Å². The van der Waals surface area contributed by atoms with E-state index in [1.807, 2.05) is 19.6 Å². The van der Waals surface area contributed by atoms with Crippen LogP contribution in [0, 0.1) is 132 Å². The van der Waals surface area contributed by atoms with E-state index in [9.17, 15) is 14.4 Å². The quantitative estimate of drug-likeness (QED) is 0.159. The molecule has 0 bridgehead atoms. The van der Waals surface area contributed by atoms with Gasteiger partial charge in [0.1, 0.15) is 0 Å². The Bertz CT molecular complexity index is 708. The molecule has 1 aliphatic carbocycles. The molecule has 5 aliphatic heterocycles. The molecule has 459 valence electrons. The summed E-state index contributed by atoms with van der Waals surface area (Å²) in [7, 11) is 8.93. The van der Waals surface area contributed by atoms with Crippen molar-refractivity contribution in [3.05, 3.63) is 156 Å². The summed E-state index contributed by atoms with van der Waals surface area (Å²) in [6.07, 6.45) is 25.0. The van der Waals surface area contributed by atoms with Gasteiger partial charge in [-0.25, -0.2) is 0 Å². The number of rotatable bonds is 3. The van der Waals surface area contributed by atoms with Crippen LogP contribution >= 0.6 is 37.0 Å². The smallest absolute Gasteiger partial charge is 0.666 e. The van der Waals surface area contributed by atoms with Crippen LogP contribution in [-0.2, 0) is 296 Å². The Morgan fingerprint density at radius 1 is 0.392 bits per heavy atom. The predicted molar refractivity (Wildman–Crippen MR) is 306 cm³/mol. The molecule has 0 aromatic heterocycles. The van der Waals surface area contributed by atoms with E-state index in [4.69, 9.17) is 19.8 Å². The Balaban J connectivity index is -0.0000000108. The molecule has 9 radical (unpaired) electrons. The van der Waals surface area contributed by atoms with Crippen molar-refractivity contribution in [3.8, 4) is 0 Å². The van der Waals surface area contributed by atoms with E-state index in [2.05, 4.69) is 93.4 Å². The van der Waals surface area contributed by atoms with Gasteiger partial charge in [0.25, 0.3) is 0 Å². The third kappa shape index (κ3) is 244. The molecular formula is C49H99N5O7P4V9W5-2. The molecular weight excluding hydrogens is 2270 g/mol. The number of aliphatic hydroxyl groups excluding tert-OH is 2. The van der Waals surface area contributed by atoms with Gasteiger partial charge < -0.3 is 159 Å². The van der Waals surface area contributed by atoms with Gasteiger partial charge in [-0.1, -0.05) is 72.7 Å². The molecule has 12 nitrogen and oxygen atoms in total. The van der Waals surface area contributed by atoms with Crippen LogP contribution in [0.25, 0.3) is 0 Å². The van der Waals surface area contributed by atoms with Gasteiger partial charge in [0.15, 0.2) is 0 Å². The minimum Gasteiger partial charge on any atom is -0.666 e. The van der Waals surface area contributed by atoms with Crippen molar-refractivity contribution in [2.24, 2.45) is 0 Å². The summed E-state index contributed by atoms with van der Waals surface area (Å²) in [5.74, 6) is 5.67. The summed E-state index contributed by atoms with van der Waals surface area (Å²) in [5.41, 5.74) is 0. The minimum absolute atomic E-state index is 0. The van der Waals surface area contributed by atoms with Gasteiger partial charge >= 0.3 is 209 Å². The van der Waals surface area contributed by atoms with Crippen molar-refractivity contribution in [2.75, 3.05) is 32.7 Å². The first-order chi connectivity index (χ1) is 26.3. The van der Waals surface area contributed by atoms with Gasteiger partial charge in [0, 0.05) is 63.2 Å². The number of nitrogens with one attached hydrogen (secondary N) is 2. The third-order valence-corrected chi connectivity index (χ3v) is 5.90. The van der Waals surface area contributed by atoms with Crippen molar-refractivity contribution in [3.63, 3.8) is 0 Å². The van der Waals surface area contributed by atoms with Gasteiger partial charge in [-0.15, -0.1) is 0 Å². The molecule has 0 spiro atoms. The molecule has 79 heavy (non-hydrogen) atoms. The summed E-state index contributed by atoms with van der Waals surface area (Å²) in [5, 5.41) is 19.7. The summed E-state index contributed by atoms with van der Waals surface area (Å²) in [4.78, 5) is 50.5. The molecule has 1 saturated carbocycles. The molecule has 4 unspecified atom stereocenters. The second-order valence-corrected chi connectivity index (χ2v) is 11.5. The van der Waals surface area contributed by atoms with Crippen LogP contribution in [0.1, 0.15) is 105 Å². The molecule has 4 atom stereocenters. The van der Waals surface area contributed by atoms with Crippen LogP contribution in [0.15, 0.2) is 23.3 Å². The predicted octanol–water partition coefficient (Wildman–Crippen LogP) is 11.5. The SMILES string of the molecule is C.C.O=[C-]N1[CH-]CCC1.O=[C-]N1[CH-]CCC1.O=[C-]N1[CH-]CCC1.O=[C-]O.O=[C-]O.[CH-]1CCCC1.[CH-]1CCCN1.[CH-]1CCCN1.[CH-]=CP.[CH-]=CP.[CH-]=CP.[CH-]=CP.[CH3-].[CH3-].[CH3-].[CH3-].[CH3-].[CH3-].[CH3-].[CH3-].[CH3-].[V+2].[V+2].[V+2].[V+2].[V+2].[V+2].[V+2].[V+2].[V+2].[W+2].[W+2].[W].[W].[W]. The van der Waals surface area contributed by atoms with Crippen molar-refractivity contribution >= 4 is 69.1 Å². The molecule has 4 N–H and O–H groups in total. The maximum absolute atomic E-state index is 9.78. The molecule has 5 saturated heterocycles. The summed E-state index contributed by atoms with van der Waals surface area (Å²) in [6, 6.07) is 0. The van der Waals surface area contributed by atoms with E-state index >= 15 is 0 Å². The molecule has 0 aromatic carbocycles. The Hall–Kier alpha value is 6.65. The van der Waals surface area contributed by atoms with E-state index in [0.29, 0.717) is 12.9 Å². The molecule has 5 heterocycles. The van der Waals surface area contributed by atoms with Crippen LogP contribution in [0.3, 0.4) is 0 Å². The van der Waals surface area contributed by atoms with Crippen molar-refractivity contribution in [1.29, 1.82) is 0 Å². The van der Waals surface area contributed by atoms with E-state index in [0.717, 1.165) is 58.2 Å². The fourth-order valence-corrected chi connectivity index (χ4v) is 3.79. The van der Waals surface area contributed by atoms with Crippen LogP contribution < -0.4 is 10.6 Å². The first-order valence-electron chi connectivity index (χ1n) is 17.2. The Morgan fingerprint density at radius 3 is 0.620 bits per heavy atom. The molecule has 30 heteroatoms. The van der Waals surface area contributed by atoms with E-state index < -0.39 is 0 Å². The fraction of sp³-hybridized carbons (Fsp3) is 0.429. The van der Waals surface area contributed by atoms with Gasteiger partial charge in [-0.3, -0.25) is 56.0 Å². The average molecular weight is 2370 g/mol. The number of nitrogens with zero attached hydrogens (tertiary/aromatic N) is 3. The molecule has 6 rings (SSSR count). The second-order valence-electron chi connectivity index (χ2n) is 9.95. The first kappa shape index (κ1) is 205. The average Bonchev–Trinajstić information content (AvgIpc) is 4.05. The zero-order valence-corrected chi connectivity index (χ0v) is 78.5. The number of hydrogen-bond donors (Lipinski definition) is 4. The zero-order valence-electron chi connectivity index (χ0n) is 46.7. The van der Waals surface area contributed by atoms with E-state index in [1.165, 1.54) is 87.7 Å². The summed E-state index contributed by atoms with van der Waals surface area (Å²) in [6.45, 7) is 34.5. The number of likely N-dealkylation sites (tertiary alicyclic amines) is 3. The second kappa shape index (κ2) is 222.